The highest BCUT2D eigenvalue weighted by atomic mass is 19.4. The lowest BCUT2D eigenvalue weighted by Crippen LogP contribution is -2.21. The molecule has 21 heavy (non-hydrogen) atoms. The van der Waals surface area contributed by atoms with E-state index in [0.717, 1.165) is 7.11 Å². The summed E-state index contributed by atoms with van der Waals surface area (Å²) in [6, 6.07) is 0.446. The van der Waals surface area contributed by atoms with Gasteiger partial charge >= 0.3 is 12.3 Å². The minimum Gasteiger partial charge on any atom is -0.469 e. The maximum absolute atomic E-state index is 12.7. The summed E-state index contributed by atoms with van der Waals surface area (Å²) in [5.41, 5.74) is 3.70. The van der Waals surface area contributed by atoms with Crippen molar-refractivity contribution in [3.63, 3.8) is 0 Å². The molecule has 0 saturated carbocycles. The zero-order chi connectivity index (χ0) is 16.2. The molecule has 1 heterocycles. The Morgan fingerprint density at radius 1 is 1.43 bits per heavy atom. The molecule has 2 N–H and O–H groups in total. The molecular weight excluding hydrogens is 303 g/mol. The Labute approximate surface area is 115 Å². The van der Waals surface area contributed by atoms with E-state index in [9.17, 15) is 26.7 Å². The number of nitrogens with zero attached hydrogens (tertiary/aromatic N) is 1. The molecule has 0 aliphatic carbocycles. The fourth-order valence-electron chi connectivity index (χ4n) is 1.52. The fraction of sp³-hybridized carbons (Fsp3) is 0.455. The van der Waals surface area contributed by atoms with E-state index in [0.29, 0.717) is 6.07 Å². The van der Waals surface area contributed by atoms with E-state index in [1.165, 1.54) is 0 Å². The Bertz CT molecular complexity index is 519. The van der Waals surface area contributed by atoms with Crippen LogP contribution in [0.25, 0.3) is 0 Å². The second-order valence-electron chi connectivity index (χ2n) is 3.78. The summed E-state index contributed by atoms with van der Waals surface area (Å²) in [6.07, 6.45) is -8.82. The van der Waals surface area contributed by atoms with E-state index >= 15 is 0 Å². The first-order valence-electron chi connectivity index (χ1n) is 5.51. The molecule has 0 aliphatic rings. The van der Waals surface area contributed by atoms with Crippen molar-refractivity contribution in [2.75, 3.05) is 7.11 Å². The minimum atomic E-state index is -5.09. The number of aromatic nitrogens is 1. The van der Waals surface area contributed by atoms with Gasteiger partial charge in [0.25, 0.3) is 6.43 Å². The van der Waals surface area contributed by atoms with Crippen molar-refractivity contribution in [3.8, 4) is 5.75 Å². The quantitative estimate of drug-likeness (QED) is 0.665. The summed E-state index contributed by atoms with van der Waals surface area (Å²) in [7, 11) is 1.04. The van der Waals surface area contributed by atoms with Crippen molar-refractivity contribution >= 4 is 5.97 Å². The topological polar surface area (TPSA) is 74.4 Å². The van der Waals surface area contributed by atoms with Crippen LogP contribution in [0.2, 0.25) is 0 Å². The summed E-state index contributed by atoms with van der Waals surface area (Å²) in [4.78, 5) is 14.6. The average Bonchev–Trinajstić information content (AvgIpc) is 2.36. The summed E-state index contributed by atoms with van der Waals surface area (Å²) >= 11 is 0. The van der Waals surface area contributed by atoms with Gasteiger partial charge in [0.1, 0.15) is 11.4 Å². The molecule has 0 saturated heterocycles. The van der Waals surface area contributed by atoms with Crippen LogP contribution in [0.5, 0.6) is 5.75 Å². The van der Waals surface area contributed by atoms with E-state index in [2.05, 4.69) is 14.5 Å². The fourth-order valence-corrected chi connectivity index (χ4v) is 1.52. The van der Waals surface area contributed by atoms with Gasteiger partial charge in [-0.1, -0.05) is 0 Å². The van der Waals surface area contributed by atoms with Crippen LogP contribution in [0.1, 0.15) is 23.4 Å². The summed E-state index contributed by atoms with van der Waals surface area (Å²) in [5.74, 6) is -1.77. The van der Waals surface area contributed by atoms with Crippen LogP contribution in [0, 0.1) is 0 Å². The smallest absolute Gasteiger partial charge is 0.469 e. The van der Waals surface area contributed by atoms with Crippen LogP contribution in [-0.4, -0.2) is 24.4 Å². The number of nitrogens with two attached hydrogens (primary N) is 1. The molecule has 1 aromatic heterocycles. The van der Waals surface area contributed by atoms with Gasteiger partial charge in [-0.25, -0.2) is 8.78 Å². The van der Waals surface area contributed by atoms with Crippen LogP contribution in [0.15, 0.2) is 6.07 Å². The first-order chi connectivity index (χ1) is 9.67. The van der Waals surface area contributed by atoms with Crippen molar-refractivity contribution in [2.24, 2.45) is 5.73 Å². The number of hydrogen-bond donors (Lipinski definition) is 1. The predicted molar refractivity (Wildman–Crippen MR) is 59.5 cm³/mol. The van der Waals surface area contributed by atoms with Crippen molar-refractivity contribution in [3.05, 3.63) is 23.0 Å². The standard InChI is InChI=1S/C11H11F5N2O3/c1-20-9(19)3-6-5(4-17)8(21-11(14,15)16)2-7(18-6)10(12)13/h2,10H,3-4,17H2,1H3. The van der Waals surface area contributed by atoms with E-state index in [4.69, 9.17) is 5.73 Å². The van der Waals surface area contributed by atoms with Crippen molar-refractivity contribution in [1.29, 1.82) is 0 Å². The largest absolute Gasteiger partial charge is 0.573 e. The predicted octanol–water partition coefficient (Wildman–Crippen LogP) is 2.09. The molecule has 0 aromatic carbocycles. The molecule has 0 unspecified atom stereocenters. The Morgan fingerprint density at radius 2 is 2.05 bits per heavy atom. The van der Waals surface area contributed by atoms with Gasteiger partial charge in [-0.15, -0.1) is 13.2 Å². The highest BCUT2D eigenvalue weighted by Gasteiger charge is 2.33. The molecule has 10 heteroatoms. The Hall–Kier alpha value is -1.97. The number of pyridine rings is 1. The second kappa shape index (κ2) is 6.66. The zero-order valence-corrected chi connectivity index (χ0v) is 10.7. The molecule has 0 fully saturated rings. The SMILES string of the molecule is COC(=O)Cc1nc(C(F)F)cc(OC(F)(F)F)c1CN. The van der Waals surface area contributed by atoms with Gasteiger partial charge in [-0.05, 0) is 0 Å². The molecule has 5 nitrogen and oxygen atoms in total. The van der Waals surface area contributed by atoms with Crippen LogP contribution in [-0.2, 0) is 22.5 Å². The highest BCUT2D eigenvalue weighted by Crippen LogP contribution is 2.31. The van der Waals surface area contributed by atoms with E-state index in [-0.39, 0.29) is 11.3 Å². The van der Waals surface area contributed by atoms with Crippen LogP contribution < -0.4 is 10.5 Å². The van der Waals surface area contributed by atoms with Crippen LogP contribution in [0.4, 0.5) is 22.0 Å². The number of esters is 1. The summed E-state index contributed by atoms with van der Waals surface area (Å²) < 4.78 is 70.2. The monoisotopic (exact) mass is 314 g/mol. The van der Waals surface area contributed by atoms with Crippen molar-refractivity contribution in [1.82, 2.24) is 4.98 Å². The third-order valence-electron chi connectivity index (χ3n) is 2.38. The molecule has 0 atom stereocenters. The van der Waals surface area contributed by atoms with E-state index in [1.54, 1.807) is 0 Å². The lowest BCUT2D eigenvalue weighted by Gasteiger charge is -2.16. The second-order valence-corrected chi connectivity index (χ2v) is 3.78. The molecule has 1 rings (SSSR count). The number of carbonyl (C=O) groups is 1. The number of carbonyl (C=O) groups excluding carboxylic acids is 1. The van der Waals surface area contributed by atoms with Gasteiger partial charge in [0.15, 0.2) is 0 Å². The van der Waals surface area contributed by atoms with Gasteiger partial charge < -0.3 is 15.2 Å². The van der Waals surface area contributed by atoms with Crippen LogP contribution >= 0.6 is 0 Å². The number of rotatable bonds is 5. The summed E-state index contributed by atoms with van der Waals surface area (Å²) in [6.45, 7) is -0.478. The Balaban J connectivity index is 3.35. The normalized spacial score (nSPS) is 11.6. The number of halogens is 5. The molecule has 118 valence electrons. The van der Waals surface area contributed by atoms with Crippen molar-refractivity contribution in [2.45, 2.75) is 25.8 Å². The summed E-state index contributed by atoms with van der Waals surface area (Å²) in [5, 5.41) is 0. The Kier molecular flexibility index (Phi) is 5.41. The number of alkyl halides is 5. The van der Waals surface area contributed by atoms with Gasteiger partial charge in [0, 0.05) is 18.2 Å². The Morgan fingerprint density at radius 3 is 2.48 bits per heavy atom. The van der Waals surface area contributed by atoms with Gasteiger partial charge in [-0.2, -0.15) is 0 Å². The lowest BCUT2D eigenvalue weighted by molar-refractivity contribution is -0.275. The lowest BCUT2D eigenvalue weighted by atomic mass is 10.1. The molecule has 0 radical (unpaired) electrons. The average molecular weight is 314 g/mol. The first-order valence-corrected chi connectivity index (χ1v) is 5.51. The number of ether oxygens (including phenoxy) is 2. The highest BCUT2D eigenvalue weighted by molar-refractivity contribution is 5.72. The number of hydrogen-bond acceptors (Lipinski definition) is 5. The van der Waals surface area contributed by atoms with Gasteiger partial charge in [0.2, 0.25) is 0 Å². The maximum Gasteiger partial charge on any atom is 0.573 e. The molecule has 1 aromatic rings. The zero-order valence-electron chi connectivity index (χ0n) is 10.7. The van der Waals surface area contributed by atoms with Gasteiger partial charge in [-0.3, -0.25) is 9.78 Å². The molecule has 0 amide bonds. The molecule has 0 aliphatic heterocycles. The van der Waals surface area contributed by atoms with E-state index in [1.807, 2.05) is 0 Å². The number of methoxy groups -OCH3 is 1. The maximum atomic E-state index is 12.7. The third kappa shape index (κ3) is 4.81. The van der Waals surface area contributed by atoms with Gasteiger partial charge in [0.05, 0.1) is 19.2 Å². The molecular formula is C11H11F5N2O3. The van der Waals surface area contributed by atoms with Crippen LogP contribution in [0.3, 0.4) is 0 Å². The first kappa shape index (κ1) is 17.1. The minimum absolute atomic E-state index is 0.290. The molecule has 0 bridgehead atoms. The molecule has 0 spiro atoms. The third-order valence-corrected chi connectivity index (χ3v) is 2.38. The van der Waals surface area contributed by atoms with E-state index < -0.39 is 43.2 Å². The van der Waals surface area contributed by atoms with Crippen molar-refractivity contribution < 1.29 is 36.2 Å².